The van der Waals surface area contributed by atoms with Crippen LogP contribution in [0.4, 0.5) is 4.39 Å². The fourth-order valence-electron chi connectivity index (χ4n) is 2.65. The summed E-state index contributed by atoms with van der Waals surface area (Å²) in [7, 11) is 0. The summed E-state index contributed by atoms with van der Waals surface area (Å²) in [5.74, 6) is -0.412. The second kappa shape index (κ2) is 4.50. The second-order valence-electron chi connectivity index (χ2n) is 4.79. The van der Waals surface area contributed by atoms with E-state index in [-0.39, 0.29) is 6.04 Å². The van der Waals surface area contributed by atoms with E-state index >= 15 is 0 Å². The number of hydrogen-bond donors (Lipinski definition) is 1. The average Bonchev–Trinajstić information content (AvgIpc) is 2.39. The molecule has 1 aliphatic rings. The number of fused-ring (bicyclic) bond motifs is 1. The van der Waals surface area contributed by atoms with Crippen LogP contribution in [-0.2, 0) is 12.8 Å². The molecule has 2 aromatic rings. The first kappa shape index (κ1) is 11.4. The monoisotopic (exact) mass is 242 g/mol. The van der Waals surface area contributed by atoms with Gasteiger partial charge in [0.15, 0.2) is 0 Å². The minimum Gasteiger partial charge on any atom is -0.327 e. The summed E-state index contributed by atoms with van der Waals surface area (Å²) in [6.07, 6.45) is 4.28. The van der Waals surface area contributed by atoms with Gasteiger partial charge in [-0.2, -0.15) is 4.39 Å². The Morgan fingerprint density at radius 1 is 1.17 bits per heavy atom. The van der Waals surface area contributed by atoms with E-state index < -0.39 is 5.95 Å². The quantitative estimate of drug-likeness (QED) is 0.781. The number of rotatable bonds is 1. The molecule has 0 radical (unpaired) electrons. The molecule has 1 aromatic heterocycles. The van der Waals surface area contributed by atoms with Gasteiger partial charge in [0.2, 0.25) is 5.95 Å². The highest BCUT2D eigenvalue weighted by Gasteiger charge is 2.20. The molecular weight excluding hydrogens is 227 g/mol. The number of halogens is 1. The van der Waals surface area contributed by atoms with Gasteiger partial charge in [0, 0.05) is 17.8 Å². The summed E-state index contributed by atoms with van der Waals surface area (Å²) in [6, 6.07) is 9.77. The summed E-state index contributed by atoms with van der Waals surface area (Å²) in [4.78, 5) is 3.73. The van der Waals surface area contributed by atoms with Crippen LogP contribution in [0, 0.1) is 5.95 Å². The minimum atomic E-state index is -0.412. The van der Waals surface area contributed by atoms with Crippen molar-refractivity contribution in [1.82, 2.24) is 4.98 Å². The lowest BCUT2D eigenvalue weighted by Gasteiger charge is -2.24. The third-order valence-corrected chi connectivity index (χ3v) is 3.57. The molecule has 0 unspecified atom stereocenters. The first-order chi connectivity index (χ1) is 8.75. The zero-order valence-corrected chi connectivity index (χ0v) is 10.1. The van der Waals surface area contributed by atoms with Gasteiger partial charge in [-0.3, -0.25) is 0 Å². The molecular formula is C15H15FN2. The predicted molar refractivity (Wildman–Crippen MR) is 69.6 cm³/mol. The molecule has 1 atom stereocenters. The maximum absolute atomic E-state index is 13.8. The molecule has 2 N–H and O–H groups in total. The second-order valence-corrected chi connectivity index (χ2v) is 4.79. The summed E-state index contributed by atoms with van der Waals surface area (Å²) in [5.41, 5.74) is 10.0. The van der Waals surface area contributed by atoms with Gasteiger partial charge in [-0.1, -0.05) is 18.2 Å². The van der Waals surface area contributed by atoms with E-state index in [1.165, 1.54) is 17.3 Å². The van der Waals surface area contributed by atoms with Gasteiger partial charge in [0.05, 0.1) is 0 Å². The molecule has 1 aliphatic carbocycles. The molecule has 0 saturated heterocycles. The Morgan fingerprint density at radius 3 is 2.83 bits per heavy atom. The number of nitrogens with zero attached hydrogens (tertiary/aromatic N) is 1. The molecule has 2 nitrogen and oxygen atoms in total. The number of benzene rings is 1. The van der Waals surface area contributed by atoms with Gasteiger partial charge in [0.25, 0.3) is 0 Å². The predicted octanol–water partition coefficient (Wildman–Crippen LogP) is 2.70. The van der Waals surface area contributed by atoms with Crippen molar-refractivity contribution in [1.29, 1.82) is 0 Å². The third kappa shape index (κ3) is 1.91. The molecule has 0 fully saturated rings. The molecule has 0 spiro atoms. The SMILES string of the molecule is N[C@@H]1CCc2cccc(-c3cccnc3F)c2C1. The summed E-state index contributed by atoms with van der Waals surface area (Å²) in [6.45, 7) is 0. The summed E-state index contributed by atoms with van der Waals surface area (Å²) >= 11 is 0. The van der Waals surface area contributed by atoms with Gasteiger partial charge < -0.3 is 5.73 Å². The molecule has 18 heavy (non-hydrogen) atoms. The number of aromatic nitrogens is 1. The van der Waals surface area contributed by atoms with Crippen molar-refractivity contribution in [2.24, 2.45) is 5.73 Å². The zero-order valence-electron chi connectivity index (χ0n) is 10.1. The van der Waals surface area contributed by atoms with E-state index in [1.54, 1.807) is 12.1 Å². The van der Waals surface area contributed by atoms with Crippen LogP contribution in [0.3, 0.4) is 0 Å². The van der Waals surface area contributed by atoms with Gasteiger partial charge in [0.1, 0.15) is 0 Å². The molecule has 0 amide bonds. The molecule has 1 heterocycles. The molecule has 3 rings (SSSR count). The van der Waals surface area contributed by atoms with Crippen LogP contribution in [0.25, 0.3) is 11.1 Å². The van der Waals surface area contributed by atoms with E-state index in [0.717, 1.165) is 24.8 Å². The Balaban J connectivity index is 2.16. The maximum atomic E-state index is 13.8. The number of hydrogen-bond acceptors (Lipinski definition) is 2. The Labute approximate surface area is 106 Å². The fourth-order valence-corrected chi connectivity index (χ4v) is 2.65. The van der Waals surface area contributed by atoms with Crippen molar-refractivity contribution in [2.75, 3.05) is 0 Å². The van der Waals surface area contributed by atoms with E-state index in [1.807, 2.05) is 12.1 Å². The van der Waals surface area contributed by atoms with Gasteiger partial charge in [-0.25, -0.2) is 4.98 Å². The molecule has 0 bridgehead atoms. The van der Waals surface area contributed by atoms with E-state index in [9.17, 15) is 4.39 Å². The van der Waals surface area contributed by atoms with Crippen LogP contribution < -0.4 is 5.73 Å². The number of aryl methyl sites for hydroxylation is 1. The zero-order chi connectivity index (χ0) is 12.5. The van der Waals surface area contributed by atoms with Crippen molar-refractivity contribution in [2.45, 2.75) is 25.3 Å². The van der Waals surface area contributed by atoms with Gasteiger partial charge >= 0.3 is 0 Å². The third-order valence-electron chi connectivity index (χ3n) is 3.57. The van der Waals surface area contributed by atoms with Gasteiger partial charge in [-0.15, -0.1) is 0 Å². The van der Waals surface area contributed by atoms with E-state index in [2.05, 4.69) is 11.1 Å². The lowest BCUT2D eigenvalue weighted by molar-refractivity contribution is 0.573. The maximum Gasteiger partial charge on any atom is 0.220 e. The summed E-state index contributed by atoms with van der Waals surface area (Å²) in [5, 5.41) is 0. The Bertz CT molecular complexity index is 580. The topological polar surface area (TPSA) is 38.9 Å². The van der Waals surface area contributed by atoms with E-state index in [0.29, 0.717) is 5.56 Å². The molecule has 1 aromatic carbocycles. The Hall–Kier alpha value is -1.74. The highest BCUT2D eigenvalue weighted by molar-refractivity contribution is 5.69. The van der Waals surface area contributed by atoms with Crippen LogP contribution in [0.1, 0.15) is 17.5 Å². The normalized spacial score (nSPS) is 18.4. The highest BCUT2D eigenvalue weighted by Crippen LogP contribution is 2.31. The first-order valence-electron chi connectivity index (χ1n) is 6.23. The van der Waals surface area contributed by atoms with Crippen molar-refractivity contribution in [3.63, 3.8) is 0 Å². The fraction of sp³-hybridized carbons (Fsp3) is 0.267. The average molecular weight is 242 g/mol. The highest BCUT2D eigenvalue weighted by atomic mass is 19.1. The van der Waals surface area contributed by atoms with Crippen molar-refractivity contribution < 1.29 is 4.39 Å². The van der Waals surface area contributed by atoms with Crippen LogP contribution in [0.2, 0.25) is 0 Å². The van der Waals surface area contributed by atoms with Crippen LogP contribution in [0.5, 0.6) is 0 Å². The van der Waals surface area contributed by atoms with Crippen LogP contribution in [-0.4, -0.2) is 11.0 Å². The molecule has 0 aliphatic heterocycles. The van der Waals surface area contributed by atoms with Crippen LogP contribution in [0.15, 0.2) is 36.5 Å². The van der Waals surface area contributed by atoms with Crippen molar-refractivity contribution in [3.8, 4) is 11.1 Å². The van der Waals surface area contributed by atoms with Gasteiger partial charge in [-0.05, 0) is 48.1 Å². The minimum absolute atomic E-state index is 0.179. The molecule has 3 heteroatoms. The van der Waals surface area contributed by atoms with E-state index in [4.69, 9.17) is 5.73 Å². The molecule has 0 saturated carbocycles. The van der Waals surface area contributed by atoms with Crippen molar-refractivity contribution in [3.05, 3.63) is 53.6 Å². The first-order valence-corrected chi connectivity index (χ1v) is 6.23. The Kier molecular flexibility index (Phi) is 2.84. The van der Waals surface area contributed by atoms with Crippen LogP contribution >= 0.6 is 0 Å². The summed E-state index contributed by atoms with van der Waals surface area (Å²) < 4.78 is 13.8. The smallest absolute Gasteiger partial charge is 0.220 e. The standard InChI is InChI=1S/C15H15FN2/c16-15-13(5-2-8-18-15)12-4-1-3-10-6-7-11(17)9-14(10)12/h1-5,8,11H,6-7,9,17H2/t11-/m1/s1. The lowest BCUT2D eigenvalue weighted by Crippen LogP contribution is -2.28. The molecule has 92 valence electrons. The van der Waals surface area contributed by atoms with Crippen molar-refractivity contribution >= 4 is 0 Å². The number of pyridine rings is 1. The largest absolute Gasteiger partial charge is 0.327 e. The Morgan fingerprint density at radius 2 is 2.00 bits per heavy atom. The number of nitrogens with two attached hydrogens (primary N) is 1. The lowest BCUT2D eigenvalue weighted by atomic mass is 9.84.